The highest BCUT2D eigenvalue weighted by molar-refractivity contribution is 6.05. The number of rotatable bonds is 8. The molecule has 0 aromatic heterocycles. The molecule has 0 aliphatic carbocycles. The minimum atomic E-state index is -1.29. The van der Waals surface area contributed by atoms with Crippen molar-refractivity contribution in [2.45, 2.75) is 71.2 Å². The molecular weight excluding hydrogens is 460 g/mol. The molecule has 0 saturated carbocycles. The maximum atomic E-state index is 14.6. The van der Waals surface area contributed by atoms with Crippen LogP contribution in [0.3, 0.4) is 0 Å². The SMILES string of the molecule is C=CCN(C(=O)C1N([C@@H](CO)C(C)C)C(=O)[C@@H]2[C@H](C(=O)O)[C@@]3(C)OC12CC3C)c1cc(C)ccc1C. The Labute approximate surface area is 212 Å². The van der Waals surface area contributed by atoms with E-state index >= 15 is 0 Å². The van der Waals surface area contributed by atoms with Crippen LogP contribution < -0.4 is 4.90 Å². The van der Waals surface area contributed by atoms with Gasteiger partial charge in [-0.15, -0.1) is 6.58 Å². The van der Waals surface area contributed by atoms with Gasteiger partial charge >= 0.3 is 5.97 Å². The second-order valence-electron chi connectivity index (χ2n) is 11.3. The van der Waals surface area contributed by atoms with Crippen LogP contribution in [0.25, 0.3) is 0 Å². The third-order valence-corrected chi connectivity index (χ3v) is 8.80. The predicted octanol–water partition coefficient (Wildman–Crippen LogP) is 2.93. The van der Waals surface area contributed by atoms with Crippen molar-refractivity contribution in [2.24, 2.45) is 23.7 Å². The van der Waals surface area contributed by atoms with Gasteiger partial charge in [0.25, 0.3) is 5.91 Å². The van der Waals surface area contributed by atoms with E-state index < -0.39 is 47.0 Å². The second-order valence-corrected chi connectivity index (χ2v) is 11.3. The maximum absolute atomic E-state index is 14.6. The van der Waals surface area contributed by atoms with E-state index in [1.54, 1.807) is 17.9 Å². The number of benzene rings is 1. The summed E-state index contributed by atoms with van der Waals surface area (Å²) in [5.74, 6) is -4.27. The molecule has 3 saturated heterocycles. The summed E-state index contributed by atoms with van der Waals surface area (Å²) < 4.78 is 6.59. The third-order valence-electron chi connectivity index (χ3n) is 8.80. The van der Waals surface area contributed by atoms with Gasteiger partial charge in [-0.05, 0) is 56.2 Å². The average molecular weight is 499 g/mol. The molecule has 0 radical (unpaired) electrons. The van der Waals surface area contributed by atoms with Gasteiger partial charge in [0.2, 0.25) is 5.91 Å². The first-order chi connectivity index (χ1) is 16.9. The highest BCUT2D eigenvalue weighted by Gasteiger charge is 2.80. The number of nitrogens with zero attached hydrogens (tertiary/aromatic N) is 2. The van der Waals surface area contributed by atoms with E-state index in [9.17, 15) is 24.6 Å². The molecule has 3 fully saturated rings. The molecule has 2 amide bonds. The van der Waals surface area contributed by atoms with Crippen molar-refractivity contribution in [3.05, 3.63) is 42.0 Å². The van der Waals surface area contributed by atoms with Crippen LogP contribution in [0.4, 0.5) is 5.69 Å². The third kappa shape index (κ3) is 3.52. The molecule has 2 bridgehead atoms. The van der Waals surface area contributed by atoms with E-state index in [0.717, 1.165) is 11.1 Å². The lowest BCUT2D eigenvalue weighted by atomic mass is 9.62. The fraction of sp³-hybridized carbons (Fsp3) is 0.607. The van der Waals surface area contributed by atoms with Crippen LogP contribution in [-0.2, 0) is 19.1 Å². The van der Waals surface area contributed by atoms with Crippen molar-refractivity contribution < 1.29 is 29.3 Å². The number of carboxylic acid groups (broad SMARTS) is 1. The smallest absolute Gasteiger partial charge is 0.310 e. The Bertz CT molecular complexity index is 1100. The molecule has 8 heteroatoms. The highest BCUT2D eigenvalue weighted by atomic mass is 16.5. The van der Waals surface area contributed by atoms with Gasteiger partial charge in [-0.1, -0.05) is 39.0 Å². The van der Waals surface area contributed by atoms with Crippen LogP contribution in [0.1, 0.15) is 45.2 Å². The van der Waals surface area contributed by atoms with Crippen molar-refractivity contribution in [2.75, 3.05) is 18.1 Å². The molecular formula is C28H38N2O6. The van der Waals surface area contributed by atoms with E-state index in [1.165, 1.54) is 4.90 Å². The number of aryl methyl sites for hydroxylation is 2. The van der Waals surface area contributed by atoms with Crippen LogP contribution >= 0.6 is 0 Å². The number of ether oxygens (including phenoxy) is 1. The summed E-state index contributed by atoms with van der Waals surface area (Å²) in [7, 11) is 0. The molecule has 196 valence electrons. The van der Waals surface area contributed by atoms with Crippen LogP contribution in [0, 0.1) is 37.5 Å². The zero-order valence-electron chi connectivity index (χ0n) is 22.0. The Hall–Kier alpha value is -2.71. The summed E-state index contributed by atoms with van der Waals surface area (Å²) >= 11 is 0. The first-order valence-corrected chi connectivity index (χ1v) is 12.7. The number of aliphatic hydroxyl groups excluding tert-OH is 1. The lowest BCUT2D eigenvalue weighted by Gasteiger charge is -2.41. The van der Waals surface area contributed by atoms with E-state index in [1.807, 2.05) is 52.8 Å². The summed E-state index contributed by atoms with van der Waals surface area (Å²) in [4.78, 5) is 44.2. The Balaban J connectivity index is 1.92. The first kappa shape index (κ1) is 26.4. The van der Waals surface area contributed by atoms with Crippen molar-refractivity contribution in [1.29, 1.82) is 0 Å². The van der Waals surface area contributed by atoms with Crippen molar-refractivity contribution >= 4 is 23.5 Å². The number of carboxylic acids is 1. The number of carbonyl (C=O) groups excluding carboxylic acids is 2. The first-order valence-electron chi connectivity index (χ1n) is 12.7. The summed E-state index contributed by atoms with van der Waals surface area (Å²) in [5.41, 5.74) is 0.229. The number of anilines is 1. The predicted molar refractivity (Wildman–Crippen MR) is 135 cm³/mol. The number of amides is 2. The Kier molecular flexibility index (Phi) is 6.58. The zero-order chi connectivity index (χ0) is 26.7. The van der Waals surface area contributed by atoms with E-state index in [2.05, 4.69) is 6.58 Å². The molecule has 2 N–H and O–H groups in total. The van der Waals surface area contributed by atoms with Crippen LogP contribution in [0.2, 0.25) is 0 Å². The molecule has 7 atom stereocenters. The van der Waals surface area contributed by atoms with Crippen molar-refractivity contribution in [1.82, 2.24) is 4.90 Å². The van der Waals surface area contributed by atoms with E-state index in [-0.39, 0.29) is 30.9 Å². The molecule has 3 unspecified atom stereocenters. The molecule has 1 spiro atoms. The monoisotopic (exact) mass is 498 g/mol. The zero-order valence-corrected chi connectivity index (χ0v) is 22.0. The minimum Gasteiger partial charge on any atom is -0.481 e. The molecule has 3 aliphatic rings. The summed E-state index contributed by atoms with van der Waals surface area (Å²) in [6, 6.07) is 4.12. The molecule has 1 aromatic carbocycles. The van der Waals surface area contributed by atoms with Crippen LogP contribution in [-0.4, -0.2) is 69.3 Å². The van der Waals surface area contributed by atoms with Gasteiger partial charge in [-0.25, -0.2) is 0 Å². The lowest BCUT2D eigenvalue weighted by molar-refractivity contribution is -0.158. The number of fused-ring (bicyclic) bond motifs is 1. The molecule has 4 rings (SSSR count). The van der Waals surface area contributed by atoms with Gasteiger partial charge in [-0.3, -0.25) is 14.4 Å². The number of carbonyl (C=O) groups is 3. The normalized spacial score (nSPS) is 33.7. The van der Waals surface area contributed by atoms with E-state index in [0.29, 0.717) is 12.1 Å². The molecule has 3 aliphatic heterocycles. The lowest BCUT2D eigenvalue weighted by Crippen LogP contribution is -2.60. The number of hydrogen-bond donors (Lipinski definition) is 2. The molecule has 3 heterocycles. The summed E-state index contributed by atoms with van der Waals surface area (Å²) in [5, 5.41) is 20.6. The number of aliphatic carboxylic acids is 1. The number of likely N-dealkylation sites (tertiary alicyclic amines) is 1. The molecule has 8 nitrogen and oxygen atoms in total. The number of hydrogen-bond acceptors (Lipinski definition) is 5. The fourth-order valence-electron chi connectivity index (χ4n) is 6.90. The fourth-order valence-corrected chi connectivity index (χ4v) is 6.90. The second kappa shape index (κ2) is 8.99. The van der Waals surface area contributed by atoms with Gasteiger partial charge in [0.1, 0.15) is 17.6 Å². The van der Waals surface area contributed by atoms with Gasteiger partial charge in [0, 0.05) is 12.2 Å². The number of aliphatic hydroxyl groups is 1. The van der Waals surface area contributed by atoms with Gasteiger partial charge < -0.3 is 24.7 Å². The maximum Gasteiger partial charge on any atom is 0.310 e. The van der Waals surface area contributed by atoms with Gasteiger partial charge in [0.15, 0.2) is 0 Å². The highest BCUT2D eigenvalue weighted by Crippen LogP contribution is 2.65. The topological polar surface area (TPSA) is 107 Å². The largest absolute Gasteiger partial charge is 0.481 e. The van der Waals surface area contributed by atoms with Gasteiger partial charge in [0.05, 0.1) is 24.2 Å². The Morgan fingerprint density at radius 1 is 1.33 bits per heavy atom. The summed E-state index contributed by atoms with van der Waals surface area (Å²) in [6.45, 7) is 15.0. The van der Waals surface area contributed by atoms with E-state index in [4.69, 9.17) is 4.74 Å². The quantitative estimate of drug-likeness (QED) is 0.534. The molecule has 1 aromatic rings. The standard InChI is InChI=1S/C28H38N2O6/c1-8-11-29(19-12-16(4)9-10-17(19)5)25(33)23-28-13-18(6)27(7,36-28)22(26(34)35)21(28)24(32)30(23)20(14-31)15(2)3/h8-10,12,15,18,20-23,31H,1,11,13-14H2,2-7H3,(H,34,35)/t18?,20-,21-,22+,23?,27-,28?/m0/s1. The Morgan fingerprint density at radius 3 is 2.56 bits per heavy atom. The molecule has 36 heavy (non-hydrogen) atoms. The summed E-state index contributed by atoms with van der Waals surface area (Å²) in [6.07, 6.45) is 2.03. The van der Waals surface area contributed by atoms with Gasteiger partial charge in [-0.2, -0.15) is 0 Å². The van der Waals surface area contributed by atoms with Crippen LogP contribution in [0.5, 0.6) is 0 Å². The Morgan fingerprint density at radius 2 is 2.00 bits per heavy atom. The average Bonchev–Trinajstić information content (AvgIpc) is 3.31. The van der Waals surface area contributed by atoms with Crippen LogP contribution in [0.15, 0.2) is 30.9 Å². The minimum absolute atomic E-state index is 0.161. The van der Waals surface area contributed by atoms with Crippen molar-refractivity contribution in [3.8, 4) is 0 Å². The van der Waals surface area contributed by atoms with Crippen molar-refractivity contribution in [3.63, 3.8) is 0 Å².